The van der Waals surface area contributed by atoms with Crippen LogP contribution in [0.3, 0.4) is 0 Å². The summed E-state index contributed by atoms with van der Waals surface area (Å²) >= 11 is 6.13. The SMILES string of the molecule is CCNCc1ccc(S(=O)(=O)N(C)C(C)C)cc1Cl. The lowest BCUT2D eigenvalue weighted by molar-refractivity contribution is 0.410. The van der Waals surface area contributed by atoms with E-state index in [0.717, 1.165) is 12.1 Å². The summed E-state index contributed by atoms with van der Waals surface area (Å²) in [6.07, 6.45) is 0. The summed E-state index contributed by atoms with van der Waals surface area (Å²) in [6.45, 7) is 7.14. The number of benzene rings is 1. The molecule has 0 aliphatic rings. The van der Waals surface area contributed by atoms with Crippen molar-refractivity contribution in [2.45, 2.75) is 38.3 Å². The molecule has 0 radical (unpaired) electrons. The molecule has 0 unspecified atom stereocenters. The van der Waals surface area contributed by atoms with E-state index in [1.54, 1.807) is 19.2 Å². The molecular weight excluding hydrogens is 284 g/mol. The van der Waals surface area contributed by atoms with Crippen molar-refractivity contribution in [3.05, 3.63) is 28.8 Å². The highest BCUT2D eigenvalue weighted by atomic mass is 35.5. The van der Waals surface area contributed by atoms with E-state index in [1.807, 2.05) is 20.8 Å². The van der Waals surface area contributed by atoms with Gasteiger partial charge in [0.05, 0.1) is 4.90 Å². The second-order valence-electron chi connectivity index (χ2n) is 4.65. The zero-order valence-electron chi connectivity index (χ0n) is 11.8. The third-order valence-electron chi connectivity index (χ3n) is 2.99. The van der Waals surface area contributed by atoms with Gasteiger partial charge in [-0.1, -0.05) is 24.6 Å². The van der Waals surface area contributed by atoms with E-state index in [1.165, 1.54) is 10.4 Å². The largest absolute Gasteiger partial charge is 0.313 e. The summed E-state index contributed by atoms with van der Waals surface area (Å²) in [5.41, 5.74) is 0.898. The molecule has 0 aromatic heterocycles. The van der Waals surface area contributed by atoms with E-state index in [0.29, 0.717) is 11.6 Å². The Labute approximate surface area is 120 Å². The summed E-state index contributed by atoms with van der Waals surface area (Å²) in [5, 5.41) is 3.63. The minimum atomic E-state index is -3.47. The summed E-state index contributed by atoms with van der Waals surface area (Å²) < 4.78 is 25.9. The molecule has 0 aliphatic heterocycles. The van der Waals surface area contributed by atoms with Gasteiger partial charge in [0.1, 0.15) is 0 Å². The third-order valence-corrected chi connectivity index (χ3v) is 5.38. The highest BCUT2D eigenvalue weighted by Gasteiger charge is 2.23. The van der Waals surface area contributed by atoms with Gasteiger partial charge in [-0.05, 0) is 38.1 Å². The average Bonchev–Trinajstić information content (AvgIpc) is 2.36. The fourth-order valence-corrected chi connectivity index (χ4v) is 3.24. The van der Waals surface area contributed by atoms with Crippen LogP contribution in [0.25, 0.3) is 0 Å². The zero-order valence-corrected chi connectivity index (χ0v) is 13.3. The highest BCUT2D eigenvalue weighted by molar-refractivity contribution is 7.89. The first-order valence-electron chi connectivity index (χ1n) is 6.27. The van der Waals surface area contributed by atoms with Crippen LogP contribution in [0, 0.1) is 0 Å². The van der Waals surface area contributed by atoms with Gasteiger partial charge in [0.15, 0.2) is 0 Å². The Bertz CT molecular complexity index is 529. The lowest BCUT2D eigenvalue weighted by atomic mass is 10.2. The first kappa shape index (κ1) is 16.4. The molecule has 0 amide bonds. The number of hydrogen-bond acceptors (Lipinski definition) is 3. The van der Waals surface area contributed by atoms with Crippen molar-refractivity contribution < 1.29 is 8.42 Å². The van der Waals surface area contributed by atoms with Gasteiger partial charge in [-0.25, -0.2) is 8.42 Å². The molecule has 19 heavy (non-hydrogen) atoms. The average molecular weight is 305 g/mol. The van der Waals surface area contributed by atoms with E-state index in [-0.39, 0.29) is 10.9 Å². The van der Waals surface area contributed by atoms with E-state index < -0.39 is 10.0 Å². The number of nitrogens with one attached hydrogen (secondary N) is 1. The van der Waals surface area contributed by atoms with Crippen LogP contribution < -0.4 is 5.32 Å². The summed E-state index contributed by atoms with van der Waals surface area (Å²) in [6, 6.07) is 4.78. The Balaban J connectivity index is 3.07. The Morgan fingerprint density at radius 2 is 2.00 bits per heavy atom. The lowest BCUT2D eigenvalue weighted by Crippen LogP contribution is -2.33. The molecule has 0 fully saturated rings. The molecule has 0 saturated carbocycles. The maximum absolute atomic E-state index is 12.3. The number of hydrogen-bond donors (Lipinski definition) is 1. The second-order valence-corrected chi connectivity index (χ2v) is 7.05. The maximum Gasteiger partial charge on any atom is 0.243 e. The minimum absolute atomic E-state index is 0.0924. The molecule has 0 saturated heterocycles. The van der Waals surface area contributed by atoms with Crippen molar-refractivity contribution in [3.8, 4) is 0 Å². The number of sulfonamides is 1. The predicted octanol–water partition coefficient (Wildman–Crippen LogP) is 2.48. The Morgan fingerprint density at radius 3 is 2.47 bits per heavy atom. The first-order valence-corrected chi connectivity index (χ1v) is 8.09. The van der Waals surface area contributed by atoms with E-state index in [2.05, 4.69) is 5.32 Å². The van der Waals surface area contributed by atoms with Crippen molar-refractivity contribution >= 4 is 21.6 Å². The van der Waals surface area contributed by atoms with Gasteiger partial charge in [-0.2, -0.15) is 4.31 Å². The van der Waals surface area contributed by atoms with Gasteiger partial charge in [0, 0.05) is 24.7 Å². The maximum atomic E-state index is 12.3. The topological polar surface area (TPSA) is 49.4 Å². The van der Waals surface area contributed by atoms with Crippen LogP contribution in [0.1, 0.15) is 26.3 Å². The van der Waals surface area contributed by atoms with Gasteiger partial charge >= 0.3 is 0 Å². The smallest absolute Gasteiger partial charge is 0.243 e. The van der Waals surface area contributed by atoms with Crippen molar-refractivity contribution in [1.29, 1.82) is 0 Å². The van der Waals surface area contributed by atoms with Gasteiger partial charge in [-0.3, -0.25) is 0 Å². The molecule has 108 valence electrons. The normalized spacial score (nSPS) is 12.4. The van der Waals surface area contributed by atoms with Crippen LogP contribution in [0.15, 0.2) is 23.1 Å². The highest BCUT2D eigenvalue weighted by Crippen LogP contribution is 2.23. The standard InChI is InChI=1S/C13H21ClN2O2S/c1-5-15-9-11-6-7-12(8-13(11)14)19(17,18)16(4)10(2)3/h6-8,10,15H,5,9H2,1-4H3. The summed E-state index contributed by atoms with van der Waals surface area (Å²) in [7, 11) is -1.90. The molecule has 1 N–H and O–H groups in total. The fourth-order valence-electron chi connectivity index (χ4n) is 1.54. The number of halogens is 1. The van der Waals surface area contributed by atoms with Crippen molar-refractivity contribution in [2.75, 3.05) is 13.6 Å². The van der Waals surface area contributed by atoms with Crippen molar-refractivity contribution in [2.24, 2.45) is 0 Å². The van der Waals surface area contributed by atoms with E-state index in [4.69, 9.17) is 11.6 Å². The molecule has 6 heteroatoms. The van der Waals surface area contributed by atoms with E-state index >= 15 is 0 Å². The third kappa shape index (κ3) is 3.92. The molecule has 0 aliphatic carbocycles. The fraction of sp³-hybridized carbons (Fsp3) is 0.538. The van der Waals surface area contributed by atoms with Crippen LogP contribution in [-0.2, 0) is 16.6 Å². The van der Waals surface area contributed by atoms with Crippen molar-refractivity contribution in [1.82, 2.24) is 9.62 Å². The number of nitrogens with zero attached hydrogens (tertiary/aromatic N) is 1. The number of rotatable bonds is 6. The summed E-state index contributed by atoms with van der Waals surface area (Å²) in [5.74, 6) is 0. The lowest BCUT2D eigenvalue weighted by Gasteiger charge is -2.21. The molecule has 1 aromatic rings. The summed E-state index contributed by atoms with van der Waals surface area (Å²) in [4.78, 5) is 0.231. The molecule has 0 spiro atoms. The molecule has 0 atom stereocenters. The van der Waals surface area contributed by atoms with Crippen LogP contribution >= 0.6 is 11.6 Å². The van der Waals surface area contributed by atoms with Crippen LogP contribution in [0.5, 0.6) is 0 Å². The Morgan fingerprint density at radius 1 is 1.37 bits per heavy atom. The van der Waals surface area contributed by atoms with Gasteiger partial charge < -0.3 is 5.32 Å². The quantitative estimate of drug-likeness (QED) is 0.878. The predicted molar refractivity (Wildman–Crippen MR) is 78.9 cm³/mol. The zero-order chi connectivity index (χ0) is 14.6. The molecule has 0 heterocycles. The molecular formula is C13H21ClN2O2S. The minimum Gasteiger partial charge on any atom is -0.313 e. The van der Waals surface area contributed by atoms with Crippen LogP contribution in [0.2, 0.25) is 5.02 Å². The first-order chi connectivity index (χ1) is 8.80. The van der Waals surface area contributed by atoms with Gasteiger partial charge in [0.25, 0.3) is 0 Å². The molecule has 4 nitrogen and oxygen atoms in total. The monoisotopic (exact) mass is 304 g/mol. The molecule has 1 rings (SSSR count). The molecule has 1 aromatic carbocycles. The van der Waals surface area contributed by atoms with Gasteiger partial charge in [-0.15, -0.1) is 0 Å². The molecule has 0 bridgehead atoms. The van der Waals surface area contributed by atoms with E-state index in [9.17, 15) is 8.42 Å². The van der Waals surface area contributed by atoms with Crippen LogP contribution in [0.4, 0.5) is 0 Å². The second kappa shape index (κ2) is 6.70. The Kier molecular flexibility index (Phi) is 5.80. The van der Waals surface area contributed by atoms with Crippen LogP contribution in [-0.4, -0.2) is 32.4 Å². The Hall–Kier alpha value is -0.620. The van der Waals surface area contributed by atoms with Gasteiger partial charge in [0.2, 0.25) is 10.0 Å². The van der Waals surface area contributed by atoms with Crippen molar-refractivity contribution in [3.63, 3.8) is 0 Å².